The molecule has 7 nitrogen and oxygen atoms in total. The number of benzene rings is 2. The fourth-order valence-electron chi connectivity index (χ4n) is 2.89. The Kier molecular flexibility index (Phi) is 6.64. The lowest BCUT2D eigenvalue weighted by Gasteiger charge is -2.12. The fraction of sp³-hybridized carbons (Fsp3) is 0.238. The van der Waals surface area contributed by atoms with Crippen molar-refractivity contribution in [1.82, 2.24) is 15.6 Å². The molecule has 1 atom stereocenters. The highest BCUT2D eigenvalue weighted by Gasteiger charge is 2.15. The Morgan fingerprint density at radius 1 is 1.00 bits per heavy atom. The Hall–Kier alpha value is -3.32. The van der Waals surface area contributed by atoms with Crippen LogP contribution in [0.2, 0.25) is 0 Å². The number of carbonyl (C=O) groups is 2. The van der Waals surface area contributed by atoms with Gasteiger partial charge in [0.2, 0.25) is 5.91 Å². The zero-order valence-corrected chi connectivity index (χ0v) is 15.5. The summed E-state index contributed by atoms with van der Waals surface area (Å²) in [5.41, 5.74) is 8.94. The van der Waals surface area contributed by atoms with E-state index in [-0.39, 0.29) is 25.6 Å². The summed E-state index contributed by atoms with van der Waals surface area (Å²) in [7, 11) is 0. The minimum Gasteiger partial charge on any atom is -0.445 e. The van der Waals surface area contributed by atoms with E-state index in [4.69, 9.17) is 10.5 Å². The van der Waals surface area contributed by atoms with Gasteiger partial charge in [0.15, 0.2) is 0 Å². The third kappa shape index (κ3) is 5.34. The van der Waals surface area contributed by atoms with Crippen molar-refractivity contribution in [2.24, 2.45) is 5.73 Å². The molecular formula is C21H24N4O3. The van der Waals surface area contributed by atoms with Crippen LogP contribution < -0.4 is 16.4 Å². The number of aromatic nitrogens is 1. The van der Waals surface area contributed by atoms with Crippen molar-refractivity contribution < 1.29 is 14.3 Å². The van der Waals surface area contributed by atoms with Crippen LogP contribution in [0.1, 0.15) is 11.1 Å². The monoisotopic (exact) mass is 380 g/mol. The summed E-state index contributed by atoms with van der Waals surface area (Å²) in [6.07, 6.45) is 1.78. The Morgan fingerprint density at radius 2 is 1.71 bits per heavy atom. The van der Waals surface area contributed by atoms with Crippen LogP contribution in [0.5, 0.6) is 0 Å². The molecule has 0 aliphatic rings. The highest BCUT2D eigenvalue weighted by atomic mass is 16.5. The van der Waals surface area contributed by atoms with Gasteiger partial charge < -0.3 is 26.1 Å². The van der Waals surface area contributed by atoms with E-state index in [1.807, 2.05) is 60.8 Å². The number of fused-ring (bicyclic) bond motifs is 1. The maximum atomic E-state index is 12.2. The van der Waals surface area contributed by atoms with Crippen molar-refractivity contribution in [3.05, 3.63) is 71.9 Å². The molecule has 1 aromatic heterocycles. The number of hydrogen-bond acceptors (Lipinski definition) is 4. The molecule has 3 aromatic rings. The van der Waals surface area contributed by atoms with Gasteiger partial charge in [0.25, 0.3) is 0 Å². The van der Waals surface area contributed by atoms with Crippen LogP contribution in [0.25, 0.3) is 10.9 Å². The summed E-state index contributed by atoms with van der Waals surface area (Å²) in [5, 5.41) is 6.39. The lowest BCUT2D eigenvalue weighted by molar-refractivity contribution is -0.122. The molecule has 1 heterocycles. The van der Waals surface area contributed by atoms with E-state index < -0.39 is 12.1 Å². The van der Waals surface area contributed by atoms with Crippen molar-refractivity contribution >= 4 is 22.9 Å². The van der Waals surface area contributed by atoms with Crippen LogP contribution in [0.15, 0.2) is 60.8 Å². The molecule has 146 valence electrons. The number of ether oxygens (including phenoxy) is 1. The first-order valence-electron chi connectivity index (χ1n) is 9.16. The molecule has 3 rings (SSSR count). The summed E-state index contributed by atoms with van der Waals surface area (Å²) >= 11 is 0. The molecule has 0 saturated heterocycles. The first-order chi connectivity index (χ1) is 13.6. The number of rotatable bonds is 8. The number of amides is 2. The minimum absolute atomic E-state index is 0.203. The van der Waals surface area contributed by atoms with Crippen LogP contribution in [-0.4, -0.2) is 36.1 Å². The molecule has 0 radical (unpaired) electrons. The van der Waals surface area contributed by atoms with Crippen LogP contribution in [-0.2, 0) is 22.6 Å². The average molecular weight is 380 g/mol. The van der Waals surface area contributed by atoms with Gasteiger partial charge in [-0.2, -0.15) is 0 Å². The van der Waals surface area contributed by atoms with Gasteiger partial charge in [-0.1, -0.05) is 48.5 Å². The molecule has 0 bridgehead atoms. The summed E-state index contributed by atoms with van der Waals surface area (Å²) in [6, 6.07) is 16.6. The third-order valence-corrected chi connectivity index (χ3v) is 4.36. The smallest absolute Gasteiger partial charge is 0.407 e. The lowest BCUT2D eigenvalue weighted by Crippen LogP contribution is -2.44. The molecule has 2 aromatic carbocycles. The summed E-state index contributed by atoms with van der Waals surface area (Å²) in [4.78, 5) is 27.0. The molecule has 5 N–H and O–H groups in total. The van der Waals surface area contributed by atoms with Crippen LogP contribution in [0.4, 0.5) is 4.79 Å². The predicted octanol–water partition coefficient (Wildman–Crippen LogP) is 2.08. The van der Waals surface area contributed by atoms with E-state index >= 15 is 0 Å². The molecule has 28 heavy (non-hydrogen) atoms. The number of hydrogen-bond donors (Lipinski definition) is 4. The van der Waals surface area contributed by atoms with Gasteiger partial charge in [-0.05, 0) is 23.6 Å². The number of para-hydroxylation sites is 1. The largest absolute Gasteiger partial charge is 0.445 e. The van der Waals surface area contributed by atoms with Gasteiger partial charge in [-0.3, -0.25) is 4.79 Å². The van der Waals surface area contributed by atoms with Crippen molar-refractivity contribution in [1.29, 1.82) is 0 Å². The first-order valence-corrected chi connectivity index (χ1v) is 9.16. The SMILES string of the molecule is N[C@@H](Cc1c[nH]c2ccccc12)C(=O)NCCNC(=O)OCc1ccccc1. The quantitative estimate of drug-likeness (QED) is 0.449. The molecule has 0 aliphatic heterocycles. The number of nitrogens with one attached hydrogen (secondary N) is 3. The minimum atomic E-state index is -0.663. The lowest BCUT2D eigenvalue weighted by atomic mass is 10.1. The Labute approximate surface area is 163 Å². The Balaban J connectivity index is 1.35. The number of aromatic amines is 1. The zero-order chi connectivity index (χ0) is 19.8. The van der Waals surface area contributed by atoms with Crippen molar-refractivity contribution in [2.45, 2.75) is 19.1 Å². The second-order valence-corrected chi connectivity index (χ2v) is 6.45. The molecule has 7 heteroatoms. The van der Waals surface area contributed by atoms with Crippen LogP contribution >= 0.6 is 0 Å². The van der Waals surface area contributed by atoms with E-state index in [0.29, 0.717) is 6.42 Å². The van der Waals surface area contributed by atoms with Crippen molar-refractivity contribution in [3.8, 4) is 0 Å². The number of carbonyl (C=O) groups excluding carboxylic acids is 2. The van der Waals surface area contributed by atoms with E-state index in [0.717, 1.165) is 22.0 Å². The molecule has 0 spiro atoms. The van der Waals surface area contributed by atoms with E-state index in [2.05, 4.69) is 15.6 Å². The van der Waals surface area contributed by atoms with Gasteiger partial charge in [0, 0.05) is 30.2 Å². The average Bonchev–Trinajstić information content (AvgIpc) is 3.13. The second-order valence-electron chi connectivity index (χ2n) is 6.45. The molecular weight excluding hydrogens is 356 g/mol. The van der Waals surface area contributed by atoms with Crippen LogP contribution in [0.3, 0.4) is 0 Å². The highest BCUT2D eigenvalue weighted by Crippen LogP contribution is 2.18. The van der Waals surface area contributed by atoms with Crippen molar-refractivity contribution in [2.75, 3.05) is 13.1 Å². The molecule has 0 fully saturated rings. The summed E-state index contributed by atoms with van der Waals surface area (Å²) < 4.78 is 5.10. The topological polar surface area (TPSA) is 109 Å². The highest BCUT2D eigenvalue weighted by molar-refractivity contribution is 5.86. The number of nitrogens with two attached hydrogens (primary N) is 1. The zero-order valence-electron chi connectivity index (χ0n) is 15.5. The second kappa shape index (κ2) is 9.57. The van der Waals surface area contributed by atoms with Crippen molar-refractivity contribution in [3.63, 3.8) is 0 Å². The Bertz CT molecular complexity index is 924. The Morgan fingerprint density at radius 3 is 2.54 bits per heavy atom. The molecule has 2 amide bonds. The van der Waals surface area contributed by atoms with E-state index in [1.54, 1.807) is 0 Å². The van der Waals surface area contributed by atoms with E-state index in [9.17, 15) is 9.59 Å². The molecule has 0 saturated carbocycles. The maximum absolute atomic E-state index is 12.2. The number of H-pyrrole nitrogens is 1. The first kappa shape index (κ1) is 19.4. The third-order valence-electron chi connectivity index (χ3n) is 4.36. The molecule has 0 unspecified atom stereocenters. The van der Waals surface area contributed by atoms with Gasteiger partial charge in [-0.15, -0.1) is 0 Å². The summed E-state index contributed by atoms with van der Waals surface area (Å²) in [5.74, 6) is -0.260. The standard InChI is InChI=1S/C21H24N4O3/c22-18(12-16-13-25-19-9-5-4-8-17(16)19)20(26)23-10-11-24-21(27)28-14-15-6-2-1-3-7-15/h1-9,13,18,25H,10-12,14,22H2,(H,23,26)(H,24,27)/t18-/m0/s1. The normalized spacial score (nSPS) is 11.8. The van der Waals surface area contributed by atoms with Crippen LogP contribution in [0, 0.1) is 0 Å². The maximum Gasteiger partial charge on any atom is 0.407 e. The van der Waals surface area contributed by atoms with Gasteiger partial charge in [0.1, 0.15) is 6.61 Å². The number of alkyl carbamates (subject to hydrolysis) is 1. The predicted molar refractivity (Wildman–Crippen MR) is 108 cm³/mol. The molecule has 0 aliphatic carbocycles. The fourth-order valence-corrected chi connectivity index (χ4v) is 2.89. The summed E-state index contributed by atoms with van der Waals surface area (Å²) in [6.45, 7) is 0.745. The van der Waals surface area contributed by atoms with E-state index in [1.165, 1.54) is 0 Å². The van der Waals surface area contributed by atoms with Gasteiger partial charge >= 0.3 is 6.09 Å². The van der Waals surface area contributed by atoms with Gasteiger partial charge in [0.05, 0.1) is 6.04 Å². The van der Waals surface area contributed by atoms with Gasteiger partial charge in [-0.25, -0.2) is 4.79 Å².